The van der Waals surface area contributed by atoms with Gasteiger partial charge >= 0.3 is 17.8 Å². The van der Waals surface area contributed by atoms with Gasteiger partial charge < -0.3 is 24.0 Å². The summed E-state index contributed by atoms with van der Waals surface area (Å²) in [5.41, 5.74) is 1.85. The summed E-state index contributed by atoms with van der Waals surface area (Å²) >= 11 is 0. The number of rotatable bonds is 14. The van der Waals surface area contributed by atoms with E-state index in [2.05, 4.69) is 25.0 Å². The number of amides is 2. The summed E-state index contributed by atoms with van der Waals surface area (Å²) in [6, 6.07) is 6.19. The molecule has 2 amide bonds. The van der Waals surface area contributed by atoms with Crippen molar-refractivity contribution in [3.8, 4) is 0 Å². The number of hydrazine groups is 1. The van der Waals surface area contributed by atoms with Crippen LogP contribution in [-0.4, -0.2) is 86.3 Å². The van der Waals surface area contributed by atoms with Gasteiger partial charge in [-0.2, -0.15) is 9.61 Å². The molecule has 3 heterocycles. The van der Waals surface area contributed by atoms with E-state index in [1.54, 1.807) is 49.6 Å². The summed E-state index contributed by atoms with van der Waals surface area (Å²) in [4.78, 5) is 48.5. The molecule has 1 aliphatic heterocycles. The summed E-state index contributed by atoms with van der Waals surface area (Å²) in [5.74, 6) is 4.09. The molecular formula is C38H52FN7O6. The molecule has 13 nitrogen and oxygen atoms in total. The first-order valence-corrected chi connectivity index (χ1v) is 17.5. The van der Waals surface area contributed by atoms with Crippen molar-refractivity contribution in [1.29, 1.82) is 0 Å². The third kappa shape index (κ3) is 9.60. The highest BCUT2D eigenvalue weighted by Crippen LogP contribution is 2.38. The molecule has 1 aliphatic rings. The summed E-state index contributed by atoms with van der Waals surface area (Å²) < 4.78 is 33.5. The van der Waals surface area contributed by atoms with Crippen LogP contribution in [0.2, 0.25) is 0 Å². The Labute approximate surface area is 305 Å². The Bertz CT molecular complexity index is 1790. The number of ether oxygens (including phenoxy) is 3. The van der Waals surface area contributed by atoms with E-state index < -0.39 is 29.5 Å². The Morgan fingerprint density at radius 3 is 2.38 bits per heavy atom. The maximum Gasteiger partial charge on any atom is 0.340 e. The first-order chi connectivity index (χ1) is 24.5. The predicted molar refractivity (Wildman–Crippen MR) is 195 cm³/mol. The molecular weight excluding hydrogens is 669 g/mol. The van der Waals surface area contributed by atoms with E-state index in [0.717, 1.165) is 5.01 Å². The molecule has 0 bridgehead atoms. The molecule has 3 aromatic rings. The minimum Gasteiger partial charge on any atom is -0.464 e. The van der Waals surface area contributed by atoms with Gasteiger partial charge in [0, 0.05) is 37.9 Å². The number of aromatic nitrogens is 3. The van der Waals surface area contributed by atoms with Crippen molar-refractivity contribution >= 4 is 29.2 Å². The largest absolute Gasteiger partial charge is 0.464 e. The van der Waals surface area contributed by atoms with Gasteiger partial charge in [0.1, 0.15) is 11.6 Å². The average molecular weight is 722 g/mol. The van der Waals surface area contributed by atoms with Gasteiger partial charge in [-0.25, -0.2) is 20.0 Å². The molecule has 52 heavy (non-hydrogen) atoms. The lowest BCUT2D eigenvalue weighted by Crippen LogP contribution is -2.48. The first-order valence-electron chi connectivity index (χ1n) is 17.5. The number of halogens is 1. The molecule has 2 N–H and O–H groups in total. The number of nitrogens with two attached hydrogens (primary N) is 1. The highest BCUT2D eigenvalue weighted by Gasteiger charge is 2.38. The van der Waals surface area contributed by atoms with Crippen LogP contribution in [0.1, 0.15) is 81.6 Å². The van der Waals surface area contributed by atoms with Crippen molar-refractivity contribution in [1.82, 2.24) is 24.5 Å². The van der Waals surface area contributed by atoms with Crippen LogP contribution in [0.3, 0.4) is 0 Å². The summed E-state index contributed by atoms with van der Waals surface area (Å²) in [6.45, 7) is 22.0. The van der Waals surface area contributed by atoms with Gasteiger partial charge in [-0.1, -0.05) is 24.3 Å². The lowest BCUT2D eigenvalue weighted by molar-refractivity contribution is -0.167. The molecule has 282 valence electrons. The number of piperidine rings is 1. The minimum absolute atomic E-state index is 0.0566. The van der Waals surface area contributed by atoms with Gasteiger partial charge in [-0.3, -0.25) is 14.6 Å². The van der Waals surface area contributed by atoms with E-state index in [1.807, 2.05) is 20.8 Å². The lowest BCUT2D eigenvalue weighted by Gasteiger charge is -2.41. The van der Waals surface area contributed by atoms with Gasteiger partial charge in [-0.15, -0.1) is 13.2 Å². The van der Waals surface area contributed by atoms with E-state index in [-0.39, 0.29) is 37.7 Å². The fourth-order valence-corrected chi connectivity index (χ4v) is 6.15. The molecule has 4 rings (SSSR count). The second-order valence-electron chi connectivity index (χ2n) is 14.2. The Kier molecular flexibility index (Phi) is 12.9. The van der Waals surface area contributed by atoms with Gasteiger partial charge in [0.25, 0.3) is 0 Å². The zero-order valence-corrected chi connectivity index (χ0v) is 31.4. The van der Waals surface area contributed by atoms with Crippen LogP contribution >= 0.6 is 0 Å². The molecule has 1 fully saturated rings. The highest BCUT2D eigenvalue weighted by atomic mass is 19.1. The molecule has 0 radical (unpaired) electrons. The smallest absolute Gasteiger partial charge is 0.340 e. The van der Waals surface area contributed by atoms with Crippen LogP contribution < -0.4 is 10.7 Å². The Hall–Kier alpha value is -4.66. The van der Waals surface area contributed by atoms with Crippen LogP contribution in [0.15, 0.2) is 49.6 Å². The van der Waals surface area contributed by atoms with Crippen molar-refractivity contribution in [2.75, 3.05) is 37.7 Å². The third-order valence-electron chi connectivity index (χ3n) is 8.77. The number of esters is 1. The summed E-state index contributed by atoms with van der Waals surface area (Å²) in [6.07, 6.45) is 3.49. The molecule has 2 aromatic heterocycles. The second-order valence-corrected chi connectivity index (χ2v) is 14.2. The number of fused-ring (bicyclic) bond motifs is 1. The molecule has 0 saturated carbocycles. The number of nitrogens with zero attached hydrogens (tertiary/aromatic N) is 6. The summed E-state index contributed by atoms with van der Waals surface area (Å²) in [7, 11) is 0. The number of anilines is 1. The standard InChI is InChI=1S/C38H52FN7O6/c1-10-17-44(23-27-13-14-29(39)25(4)21-27)34(47)35(48)45(40)24-28-22-30-41-26(5)31(32(36(49)50-12-3)52-37(6,7)8)33(46(30)42-28)43-18-15-38(9,16-19-43)51-20-11-2/h10-11,13-14,21-22,32H,1-2,12,15-20,23-24,40H2,3-9H3/t32-/m0/s1. The quantitative estimate of drug-likeness (QED) is 0.0611. The van der Waals surface area contributed by atoms with Gasteiger partial charge in [0.15, 0.2) is 11.8 Å². The van der Waals surface area contributed by atoms with E-state index in [1.165, 1.54) is 17.0 Å². The number of hydrogen-bond acceptors (Lipinski definition) is 10. The second kappa shape index (κ2) is 16.8. The number of benzene rings is 1. The number of hydrogen-bond donors (Lipinski definition) is 1. The molecule has 1 aromatic carbocycles. The number of aryl methyl sites for hydroxylation is 2. The number of carbonyl (C=O) groups is 3. The highest BCUT2D eigenvalue weighted by molar-refractivity contribution is 6.34. The third-order valence-corrected chi connectivity index (χ3v) is 8.77. The van der Waals surface area contributed by atoms with Crippen molar-refractivity contribution in [3.05, 3.63) is 83.5 Å². The van der Waals surface area contributed by atoms with Crippen molar-refractivity contribution in [3.63, 3.8) is 0 Å². The normalized spacial score (nSPS) is 14.9. The van der Waals surface area contributed by atoms with Gasteiger partial charge in [-0.05, 0) is 78.5 Å². The maximum absolute atomic E-state index is 13.9. The van der Waals surface area contributed by atoms with Crippen molar-refractivity contribution in [2.24, 2.45) is 5.84 Å². The fourth-order valence-electron chi connectivity index (χ4n) is 6.15. The number of carbonyl (C=O) groups excluding carboxylic acids is 3. The molecule has 0 aliphatic carbocycles. The van der Waals surface area contributed by atoms with Crippen LogP contribution in [0.5, 0.6) is 0 Å². The Morgan fingerprint density at radius 2 is 1.79 bits per heavy atom. The zero-order valence-electron chi connectivity index (χ0n) is 31.4. The molecule has 1 atom stereocenters. The van der Waals surface area contributed by atoms with Crippen molar-refractivity contribution < 1.29 is 33.0 Å². The van der Waals surface area contributed by atoms with Crippen molar-refractivity contribution in [2.45, 2.75) is 91.7 Å². The molecule has 0 unspecified atom stereocenters. The lowest BCUT2D eigenvalue weighted by atomic mass is 9.92. The Balaban J connectivity index is 1.71. The fraction of sp³-hybridized carbons (Fsp3) is 0.500. The topological polar surface area (TPSA) is 145 Å². The van der Waals surface area contributed by atoms with Crippen LogP contribution in [0, 0.1) is 19.7 Å². The van der Waals surface area contributed by atoms with E-state index in [4.69, 9.17) is 30.1 Å². The van der Waals surface area contributed by atoms with Gasteiger partial charge in [0.05, 0.1) is 42.2 Å². The zero-order chi connectivity index (χ0) is 38.4. The Morgan fingerprint density at radius 1 is 1.10 bits per heavy atom. The average Bonchev–Trinajstić information content (AvgIpc) is 3.48. The van der Waals surface area contributed by atoms with E-state index in [0.29, 0.717) is 72.1 Å². The molecule has 1 saturated heterocycles. The summed E-state index contributed by atoms with van der Waals surface area (Å²) in [5, 5.41) is 5.62. The molecule has 14 heteroatoms. The van der Waals surface area contributed by atoms with E-state index in [9.17, 15) is 18.8 Å². The van der Waals surface area contributed by atoms with Crippen LogP contribution in [-0.2, 0) is 41.7 Å². The maximum atomic E-state index is 13.9. The SMILES string of the molecule is C=CCOC1(C)CCN(c2c([C@H](OC(C)(C)C)C(=O)OCC)c(C)nc3cc(CN(N)C(=O)C(=O)N(CC=C)Cc4ccc(F)c(C)c4)nn23)CC1. The first kappa shape index (κ1) is 40.1. The molecule has 0 spiro atoms. The van der Waals surface area contributed by atoms with Crippen LogP contribution in [0.25, 0.3) is 5.65 Å². The van der Waals surface area contributed by atoms with Crippen LogP contribution in [0.4, 0.5) is 10.2 Å². The minimum atomic E-state index is -1.12. The monoisotopic (exact) mass is 721 g/mol. The van der Waals surface area contributed by atoms with Gasteiger partial charge in [0.2, 0.25) is 0 Å². The predicted octanol–water partition coefficient (Wildman–Crippen LogP) is 4.88. The van der Waals surface area contributed by atoms with E-state index >= 15 is 0 Å².